The van der Waals surface area contributed by atoms with Crippen molar-refractivity contribution in [1.29, 1.82) is 0 Å². The van der Waals surface area contributed by atoms with Crippen LogP contribution in [0.2, 0.25) is 5.02 Å². The van der Waals surface area contributed by atoms with Crippen LogP contribution in [-0.4, -0.2) is 23.7 Å². The third-order valence-electron chi connectivity index (χ3n) is 2.91. The fourth-order valence-electron chi connectivity index (χ4n) is 1.91. The summed E-state index contributed by atoms with van der Waals surface area (Å²) in [4.78, 5) is 12.0. The second-order valence-corrected chi connectivity index (χ2v) is 5.53. The van der Waals surface area contributed by atoms with E-state index in [1.165, 1.54) is 0 Å². The van der Waals surface area contributed by atoms with Gasteiger partial charge in [0.1, 0.15) is 0 Å². The van der Waals surface area contributed by atoms with Crippen LogP contribution in [0.25, 0.3) is 0 Å². The minimum absolute atomic E-state index is 0.0166. The summed E-state index contributed by atoms with van der Waals surface area (Å²) in [5.74, 6) is -0.0126. The first-order valence-electron chi connectivity index (χ1n) is 5.65. The Balaban J connectivity index is 2.00. The molecule has 0 heterocycles. The molecular weight excluding hydrogens is 318 g/mol. The van der Waals surface area contributed by atoms with Gasteiger partial charge in [-0.2, -0.15) is 0 Å². The number of halogens is 2. The molecule has 0 unspecified atom stereocenters. The second kappa shape index (κ2) is 5.87. The SMILES string of the molecule is O=C(N[C@@H]1C=C[C@H](CO)C1)c1ccc(Br)c(Cl)c1. The Hall–Kier alpha value is -0.840. The van der Waals surface area contributed by atoms with E-state index in [2.05, 4.69) is 21.2 Å². The second-order valence-electron chi connectivity index (χ2n) is 4.27. The van der Waals surface area contributed by atoms with Crippen molar-refractivity contribution in [2.24, 2.45) is 5.92 Å². The largest absolute Gasteiger partial charge is 0.396 e. The summed E-state index contributed by atoms with van der Waals surface area (Å²) in [6, 6.07) is 5.08. The summed E-state index contributed by atoms with van der Waals surface area (Å²) >= 11 is 9.23. The van der Waals surface area contributed by atoms with Gasteiger partial charge in [-0.1, -0.05) is 23.8 Å². The average Bonchev–Trinajstić information content (AvgIpc) is 2.80. The Morgan fingerprint density at radius 1 is 1.50 bits per heavy atom. The maximum absolute atomic E-state index is 12.0. The number of aliphatic hydroxyl groups is 1. The molecule has 2 N–H and O–H groups in total. The maximum Gasteiger partial charge on any atom is 0.251 e. The number of rotatable bonds is 3. The van der Waals surface area contributed by atoms with Crippen molar-refractivity contribution in [3.63, 3.8) is 0 Å². The molecule has 3 nitrogen and oxygen atoms in total. The number of hydrogen-bond donors (Lipinski definition) is 2. The number of carbonyl (C=O) groups excluding carboxylic acids is 1. The van der Waals surface area contributed by atoms with Crippen LogP contribution in [-0.2, 0) is 0 Å². The van der Waals surface area contributed by atoms with Crippen molar-refractivity contribution in [2.45, 2.75) is 12.5 Å². The molecule has 96 valence electrons. The van der Waals surface area contributed by atoms with Crippen LogP contribution in [0, 0.1) is 5.92 Å². The lowest BCUT2D eigenvalue weighted by molar-refractivity contribution is 0.0941. The van der Waals surface area contributed by atoms with Gasteiger partial charge in [-0.25, -0.2) is 0 Å². The van der Waals surface area contributed by atoms with Gasteiger partial charge in [0.25, 0.3) is 5.91 Å². The summed E-state index contributed by atoms with van der Waals surface area (Å²) in [5, 5.41) is 12.4. The zero-order valence-corrected chi connectivity index (χ0v) is 11.9. The van der Waals surface area contributed by atoms with E-state index in [0.29, 0.717) is 10.6 Å². The van der Waals surface area contributed by atoms with Crippen molar-refractivity contribution in [1.82, 2.24) is 5.32 Å². The van der Waals surface area contributed by atoms with Gasteiger partial charge in [-0.05, 0) is 40.5 Å². The molecule has 0 radical (unpaired) electrons. The molecule has 2 atom stereocenters. The minimum Gasteiger partial charge on any atom is -0.396 e. The molecule has 0 aliphatic heterocycles. The van der Waals surface area contributed by atoms with Crippen LogP contribution >= 0.6 is 27.5 Å². The predicted octanol–water partition coefficient (Wildman–Crippen LogP) is 2.77. The zero-order chi connectivity index (χ0) is 13.1. The molecule has 1 amide bonds. The molecular formula is C13H13BrClNO2. The molecule has 0 saturated carbocycles. The molecule has 0 aromatic heterocycles. The molecule has 0 saturated heterocycles. The van der Waals surface area contributed by atoms with E-state index >= 15 is 0 Å². The number of amides is 1. The predicted molar refractivity (Wildman–Crippen MR) is 74.7 cm³/mol. The van der Waals surface area contributed by atoms with Gasteiger partial charge >= 0.3 is 0 Å². The molecule has 0 bridgehead atoms. The monoisotopic (exact) mass is 329 g/mol. The third kappa shape index (κ3) is 3.13. The fraction of sp³-hybridized carbons (Fsp3) is 0.308. The van der Waals surface area contributed by atoms with Crippen molar-refractivity contribution in [2.75, 3.05) is 6.61 Å². The van der Waals surface area contributed by atoms with Gasteiger partial charge in [-0.3, -0.25) is 4.79 Å². The van der Waals surface area contributed by atoms with E-state index < -0.39 is 0 Å². The molecule has 1 aromatic rings. The van der Waals surface area contributed by atoms with E-state index in [-0.39, 0.29) is 24.5 Å². The highest BCUT2D eigenvalue weighted by Crippen LogP contribution is 2.23. The molecule has 1 aromatic carbocycles. The molecule has 0 spiro atoms. The van der Waals surface area contributed by atoms with Crippen LogP contribution < -0.4 is 5.32 Å². The van der Waals surface area contributed by atoms with Crippen molar-refractivity contribution >= 4 is 33.4 Å². The fourth-order valence-corrected chi connectivity index (χ4v) is 2.33. The van der Waals surface area contributed by atoms with E-state index in [9.17, 15) is 4.79 Å². The van der Waals surface area contributed by atoms with Crippen LogP contribution in [0.5, 0.6) is 0 Å². The Morgan fingerprint density at radius 3 is 2.89 bits per heavy atom. The molecule has 0 fully saturated rings. The van der Waals surface area contributed by atoms with Gasteiger partial charge < -0.3 is 10.4 Å². The Kier molecular flexibility index (Phi) is 4.43. The highest BCUT2D eigenvalue weighted by atomic mass is 79.9. The number of aliphatic hydroxyl groups excluding tert-OH is 1. The van der Waals surface area contributed by atoms with E-state index in [1.54, 1.807) is 18.2 Å². The summed E-state index contributed by atoms with van der Waals surface area (Å²) < 4.78 is 0.766. The van der Waals surface area contributed by atoms with Gasteiger partial charge in [0.2, 0.25) is 0 Å². The Labute approximate surface area is 119 Å². The van der Waals surface area contributed by atoms with Gasteiger partial charge in [0, 0.05) is 28.6 Å². The quantitative estimate of drug-likeness (QED) is 0.837. The summed E-state index contributed by atoms with van der Waals surface area (Å²) in [7, 11) is 0. The topological polar surface area (TPSA) is 49.3 Å². The third-order valence-corrected chi connectivity index (χ3v) is 4.14. The first-order chi connectivity index (χ1) is 8.60. The average molecular weight is 331 g/mol. The van der Waals surface area contributed by atoms with Crippen molar-refractivity contribution in [3.05, 3.63) is 45.4 Å². The van der Waals surface area contributed by atoms with Gasteiger partial charge in [0.05, 0.1) is 5.02 Å². The molecule has 1 aliphatic carbocycles. The van der Waals surface area contributed by atoms with Crippen molar-refractivity contribution < 1.29 is 9.90 Å². The Morgan fingerprint density at radius 2 is 2.28 bits per heavy atom. The van der Waals surface area contributed by atoms with Gasteiger partial charge in [-0.15, -0.1) is 0 Å². The summed E-state index contributed by atoms with van der Waals surface area (Å²) in [5.41, 5.74) is 0.532. The molecule has 18 heavy (non-hydrogen) atoms. The first-order valence-corrected chi connectivity index (χ1v) is 6.82. The highest BCUT2D eigenvalue weighted by molar-refractivity contribution is 9.10. The van der Waals surface area contributed by atoms with Gasteiger partial charge in [0.15, 0.2) is 0 Å². The summed E-state index contributed by atoms with van der Waals surface area (Å²) in [6.07, 6.45) is 4.59. The number of benzene rings is 1. The Bertz CT molecular complexity index is 490. The number of hydrogen-bond acceptors (Lipinski definition) is 2. The van der Waals surface area contributed by atoms with Crippen LogP contribution in [0.4, 0.5) is 0 Å². The van der Waals surface area contributed by atoms with Crippen molar-refractivity contribution in [3.8, 4) is 0 Å². The standard InChI is InChI=1S/C13H13BrClNO2/c14-11-4-2-9(6-12(11)15)13(18)16-10-3-1-8(5-10)7-17/h1-4,6,8,10,17H,5,7H2,(H,16,18)/t8-,10+/m0/s1. The lowest BCUT2D eigenvalue weighted by Gasteiger charge is -2.13. The zero-order valence-electron chi connectivity index (χ0n) is 9.57. The van der Waals surface area contributed by atoms with E-state index in [4.69, 9.17) is 16.7 Å². The summed E-state index contributed by atoms with van der Waals surface area (Å²) in [6.45, 7) is 0.118. The normalized spacial score (nSPS) is 22.2. The first kappa shape index (κ1) is 13.6. The van der Waals surface area contributed by atoms with E-state index in [0.717, 1.165) is 10.9 Å². The lowest BCUT2D eigenvalue weighted by Crippen LogP contribution is -2.32. The van der Waals surface area contributed by atoms with Crippen LogP contribution in [0.1, 0.15) is 16.8 Å². The smallest absolute Gasteiger partial charge is 0.251 e. The van der Waals surface area contributed by atoms with Crippen LogP contribution in [0.3, 0.4) is 0 Å². The molecule has 2 rings (SSSR count). The van der Waals surface area contributed by atoms with Crippen LogP contribution in [0.15, 0.2) is 34.8 Å². The number of carbonyl (C=O) groups is 1. The lowest BCUT2D eigenvalue weighted by atomic mass is 10.1. The molecule has 5 heteroatoms. The highest BCUT2D eigenvalue weighted by Gasteiger charge is 2.20. The maximum atomic E-state index is 12.0. The van der Waals surface area contributed by atoms with E-state index in [1.807, 2.05) is 12.2 Å². The minimum atomic E-state index is -0.155. The number of nitrogens with one attached hydrogen (secondary N) is 1. The molecule has 1 aliphatic rings.